The third-order valence-electron chi connectivity index (χ3n) is 3.23. The summed E-state index contributed by atoms with van der Waals surface area (Å²) >= 11 is 1.62. The standard InChI is InChI=1S/C13H13N3O2S/c17-16(18)12-2-1-11-10(3-5-14-11)13(12)15-7-9-4-6-19-8-9/h1-2,4,6,8,14-15H,3,5,7H2. The van der Waals surface area contributed by atoms with Crippen molar-refractivity contribution >= 4 is 28.4 Å². The summed E-state index contributed by atoms with van der Waals surface area (Å²) in [6, 6.07) is 5.37. The zero-order valence-corrected chi connectivity index (χ0v) is 11.0. The first kappa shape index (κ1) is 12.0. The number of nitrogens with one attached hydrogen (secondary N) is 2. The lowest BCUT2D eigenvalue weighted by Crippen LogP contribution is -2.04. The summed E-state index contributed by atoms with van der Waals surface area (Å²) in [6.45, 7) is 1.45. The van der Waals surface area contributed by atoms with E-state index < -0.39 is 0 Å². The number of fused-ring (bicyclic) bond motifs is 1. The molecule has 0 bridgehead atoms. The van der Waals surface area contributed by atoms with Gasteiger partial charge in [-0.3, -0.25) is 10.1 Å². The van der Waals surface area contributed by atoms with Crippen molar-refractivity contribution in [2.24, 2.45) is 0 Å². The Balaban J connectivity index is 1.93. The van der Waals surface area contributed by atoms with Gasteiger partial charge in [0.1, 0.15) is 5.69 Å². The molecule has 1 aliphatic heterocycles. The molecule has 98 valence electrons. The van der Waals surface area contributed by atoms with E-state index in [9.17, 15) is 10.1 Å². The van der Waals surface area contributed by atoms with E-state index in [1.807, 2.05) is 16.8 Å². The Hall–Kier alpha value is -2.08. The molecule has 0 aliphatic carbocycles. The van der Waals surface area contributed by atoms with Crippen LogP contribution in [0.4, 0.5) is 17.1 Å². The van der Waals surface area contributed by atoms with Crippen LogP contribution >= 0.6 is 11.3 Å². The monoisotopic (exact) mass is 275 g/mol. The van der Waals surface area contributed by atoms with Crippen molar-refractivity contribution in [3.63, 3.8) is 0 Å². The van der Waals surface area contributed by atoms with Crippen LogP contribution in [0.5, 0.6) is 0 Å². The Kier molecular flexibility index (Phi) is 3.08. The van der Waals surface area contributed by atoms with Crippen LogP contribution in [0.15, 0.2) is 29.0 Å². The van der Waals surface area contributed by atoms with Gasteiger partial charge in [0.15, 0.2) is 0 Å². The van der Waals surface area contributed by atoms with Gasteiger partial charge >= 0.3 is 0 Å². The number of nitro benzene ring substituents is 1. The average molecular weight is 275 g/mol. The Labute approximate surface area is 114 Å². The molecule has 0 radical (unpaired) electrons. The molecule has 2 heterocycles. The summed E-state index contributed by atoms with van der Waals surface area (Å²) in [6.07, 6.45) is 0.822. The molecule has 0 amide bonds. The fraction of sp³-hybridized carbons (Fsp3) is 0.231. The number of nitrogens with zero attached hydrogens (tertiary/aromatic N) is 1. The molecule has 5 nitrogen and oxygen atoms in total. The van der Waals surface area contributed by atoms with Crippen LogP contribution in [-0.4, -0.2) is 11.5 Å². The average Bonchev–Trinajstić information content (AvgIpc) is 3.06. The molecule has 3 rings (SSSR count). The minimum Gasteiger partial charge on any atom is -0.384 e. The van der Waals surface area contributed by atoms with Crippen molar-refractivity contribution in [2.75, 3.05) is 17.2 Å². The van der Waals surface area contributed by atoms with Gasteiger partial charge in [0.2, 0.25) is 0 Å². The molecule has 0 atom stereocenters. The van der Waals surface area contributed by atoms with E-state index in [1.54, 1.807) is 23.5 Å². The molecule has 1 aromatic carbocycles. The zero-order valence-electron chi connectivity index (χ0n) is 10.2. The molecule has 0 saturated carbocycles. The van der Waals surface area contributed by atoms with Gasteiger partial charge in [-0.05, 0) is 34.9 Å². The Bertz CT molecular complexity index is 611. The molecule has 0 spiro atoms. The van der Waals surface area contributed by atoms with Gasteiger partial charge in [-0.25, -0.2) is 0 Å². The fourth-order valence-corrected chi connectivity index (χ4v) is 2.98. The van der Waals surface area contributed by atoms with Crippen LogP contribution in [0, 0.1) is 10.1 Å². The first-order valence-electron chi connectivity index (χ1n) is 6.05. The molecule has 0 fully saturated rings. The van der Waals surface area contributed by atoms with Crippen molar-refractivity contribution < 1.29 is 4.92 Å². The number of benzene rings is 1. The highest BCUT2D eigenvalue weighted by atomic mass is 32.1. The molecule has 19 heavy (non-hydrogen) atoms. The smallest absolute Gasteiger partial charge is 0.292 e. The van der Waals surface area contributed by atoms with Gasteiger partial charge in [-0.1, -0.05) is 0 Å². The number of nitro groups is 1. The van der Waals surface area contributed by atoms with E-state index in [0.717, 1.165) is 29.8 Å². The highest BCUT2D eigenvalue weighted by Crippen LogP contribution is 2.37. The molecule has 0 saturated heterocycles. The number of thiophene rings is 1. The molecule has 1 aliphatic rings. The molecular formula is C13H13N3O2S. The Morgan fingerprint density at radius 3 is 3.05 bits per heavy atom. The predicted octanol–water partition coefficient (Wildman–Crippen LogP) is 3.24. The topological polar surface area (TPSA) is 67.2 Å². The molecule has 6 heteroatoms. The highest BCUT2D eigenvalue weighted by molar-refractivity contribution is 7.07. The van der Waals surface area contributed by atoms with Crippen LogP contribution in [-0.2, 0) is 13.0 Å². The summed E-state index contributed by atoms with van der Waals surface area (Å²) in [5.74, 6) is 0. The lowest BCUT2D eigenvalue weighted by molar-refractivity contribution is -0.384. The number of anilines is 2. The molecule has 2 N–H and O–H groups in total. The van der Waals surface area contributed by atoms with E-state index in [0.29, 0.717) is 12.2 Å². The van der Waals surface area contributed by atoms with Crippen LogP contribution < -0.4 is 10.6 Å². The van der Waals surface area contributed by atoms with Crippen molar-refractivity contribution in [3.05, 3.63) is 50.2 Å². The van der Waals surface area contributed by atoms with Crippen molar-refractivity contribution in [1.82, 2.24) is 0 Å². The van der Waals surface area contributed by atoms with Crippen LogP contribution in [0.1, 0.15) is 11.1 Å². The van der Waals surface area contributed by atoms with Crippen molar-refractivity contribution in [2.45, 2.75) is 13.0 Å². The minimum absolute atomic E-state index is 0.151. The third-order valence-corrected chi connectivity index (χ3v) is 3.96. The second kappa shape index (κ2) is 4.89. The van der Waals surface area contributed by atoms with Gasteiger partial charge in [0.25, 0.3) is 5.69 Å². The van der Waals surface area contributed by atoms with Crippen LogP contribution in [0.3, 0.4) is 0 Å². The lowest BCUT2D eigenvalue weighted by Gasteiger charge is -2.10. The maximum Gasteiger partial charge on any atom is 0.292 e. The quantitative estimate of drug-likeness (QED) is 0.664. The second-order valence-corrected chi connectivity index (χ2v) is 5.18. The van der Waals surface area contributed by atoms with Gasteiger partial charge in [0.05, 0.1) is 4.92 Å². The molecule has 2 aromatic rings. The maximum absolute atomic E-state index is 11.1. The molecular weight excluding hydrogens is 262 g/mol. The fourth-order valence-electron chi connectivity index (χ4n) is 2.32. The number of hydrogen-bond donors (Lipinski definition) is 2. The van der Waals surface area contributed by atoms with E-state index in [1.165, 1.54) is 0 Å². The third kappa shape index (κ3) is 2.26. The first-order chi connectivity index (χ1) is 9.25. The summed E-state index contributed by atoms with van der Waals surface area (Å²) in [5, 5.41) is 21.6. The maximum atomic E-state index is 11.1. The largest absolute Gasteiger partial charge is 0.384 e. The summed E-state index contributed by atoms with van der Waals surface area (Å²) in [5.41, 5.74) is 3.96. The first-order valence-corrected chi connectivity index (χ1v) is 6.99. The molecule has 0 unspecified atom stereocenters. The molecule has 1 aromatic heterocycles. The van der Waals surface area contributed by atoms with Gasteiger partial charge in [-0.15, -0.1) is 0 Å². The summed E-state index contributed by atoms with van der Waals surface area (Å²) < 4.78 is 0. The van der Waals surface area contributed by atoms with E-state index >= 15 is 0 Å². The lowest BCUT2D eigenvalue weighted by atomic mass is 10.1. The number of hydrogen-bond acceptors (Lipinski definition) is 5. The second-order valence-electron chi connectivity index (χ2n) is 4.40. The summed E-state index contributed by atoms with van der Waals surface area (Å²) in [4.78, 5) is 10.8. The number of rotatable bonds is 4. The highest BCUT2D eigenvalue weighted by Gasteiger charge is 2.23. The zero-order chi connectivity index (χ0) is 13.2. The van der Waals surface area contributed by atoms with Gasteiger partial charge < -0.3 is 10.6 Å². The van der Waals surface area contributed by atoms with Gasteiger partial charge in [0, 0.05) is 30.4 Å². The van der Waals surface area contributed by atoms with Crippen molar-refractivity contribution in [1.29, 1.82) is 0 Å². The van der Waals surface area contributed by atoms with Crippen molar-refractivity contribution in [3.8, 4) is 0 Å². The predicted molar refractivity (Wildman–Crippen MR) is 76.9 cm³/mol. The minimum atomic E-state index is -0.325. The van der Waals surface area contributed by atoms with E-state index in [2.05, 4.69) is 10.6 Å². The van der Waals surface area contributed by atoms with Crippen LogP contribution in [0.2, 0.25) is 0 Å². The normalized spacial score (nSPS) is 12.8. The van der Waals surface area contributed by atoms with E-state index in [-0.39, 0.29) is 10.6 Å². The van der Waals surface area contributed by atoms with Crippen LogP contribution in [0.25, 0.3) is 0 Å². The Morgan fingerprint density at radius 1 is 1.42 bits per heavy atom. The SMILES string of the molecule is O=[N+]([O-])c1ccc2c(c1NCc1ccsc1)CCN2. The summed E-state index contributed by atoms with van der Waals surface area (Å²) in [7, 11) is 0. The van der Waals surface area contributed by atoms with E-state index in [4.69, 9.17) is 0 Å². The Morgan fingerprint density at radius 2 is 2.32 bits per heavy atom. The van der Waals surface area contributed by atoms with Gasteiger partial charge in [-0.2, -0.15) is 11.3 Å².